The van der Waals surface area contributed by atoms with E-state index in [9.17, 15) is 4.79 Å². The first kappa shape index (κ1) is 22.1. The van der Waals surface area contributed by atoms with Gasteiger partial charge in [0.25, 0.3) is 0 Å². The summed E-state index contributed by atoms with van der Waals surface area (Å²) in [7, 11) is 8.49. The van der Waals surface area contributed by atoms with Gasteiger partial charge in [-0.05, 0) is 36.3 Å². The summed E-state index contributed by atoms with van der Waals surface area (Å²) in [6.45, 7) is 2.04. The van der Waals surface area contributed by atoms with Gasteiger partial charge in [0.1, 0.15) is 5.75 Å². The van der Waals surface area contributed by atoms with E-state index in [1.54, 1.807) is 26.4 Å². The molecule has 156 valence electrons. The Morgan fingerprint density at radius 3 is 2.17 bits per heavy atom. The van der Waals surface area contributed by atoms with E-state index < -0.39 is 0 Å². The zero-order valence-electron chi connectivity index (χ0n) is 18.0. The topological polar surface area (TPSA) is 74.0 Å². The average Bonchev–Trinajstić information content (AvgIpc) is 2.72. The van der Waals surface area contributed by atoms with E-state index >= 15 is 0 Å². The van der Waals surface area contributed by atoms with Gasteiger partial charge in [-0.3, -0.25) is 4.79 Å². The maximum Gasteiger partial charge on any atom is 0.192 e. The number of nitrogen functional groups attached to an aromatic ring is 1. The molecule has 2 aromatic carbocycles. The van der Waals surface area contributed by atoms with Crippen molar-refractivity contribution in [2.75, 3.05) is 46.1 Å². The van der Waals surface area contributed by atoms with Crippen LogP contribution in [0.1, 0.15) is 35.7 Å². The molecule has 0 atom stereocenters. The van der Waals surface area contributed by atoms with Crippen molar-refractivity contribution in [3.63, 3.8) is 0 Å². The summed E-state index contributed by atoms with van der Waals surface area (Å²) in [4.78, 5) is 15.3. The van der Waals surface area contributed by atoms with Gasteiger partial charge in [0, 0.05) is 25.7 Å². The molecule has 2 rings (SSSR count). The van der Waals surface area contributed by atoms with Gasteiger partial charge >= 0.3 is 0 Å². The van der Waals surface area contributed by atoms with Crippen molar-refractivity contribution < 1.29 is 19.0 Å². The van der Waals surface area contributed by atoms with E-state index in [4.69, 9.17) is 19.9 Å². The number of hydrogen-bond acceptors (Lipinski definition) is 6. The lowest BCUT2D eigenvalue weighted by Crippen LogP contribution is -2.11. The highest BCUT2D eigenvalue weighted by molar-refractivity contribution is 6.13. The summed E-state index contributed by atoms with van der Waals surface area (Å²) < 4.78 is 16.1. The number of ketones is 1. The van der Waals surface area contributed by atoms with Gasteiger partial charge in [0.2, 0.25) is 0 Å². The molecule has 2 aromatic rings. The summed E-state index contributed by atoms with van der Waals surface area (Å²) in [5, 5.41) is 0. The van der Waals surface area contributed by atoms with Crippen LogP contribution in [0.4, 0.5) is 11.4 Å². The third-order valence-electron chi connectivity index (χ3n) is 4.64. The Labute approximate surface area is 172 Å². The van der Waals surface area contributed by atoms with Crippen molar-refractivity contribution in [3.05, 3.63) is 47.0 Å². The molecule has 0 aliphatic heterocycles. The van der Waals surface area contributed by atoms with Crippen LogP contribution < -0.4 is 24.8 Å². The molecular formula is C23H30N2O4. The third kappa shape index (κ3) is 5.02. The molecule has 0 heterocycles. The average molecular weight is 399 g/mol. The Bertz CT molecular complexity index is 904. The molecule has 0 aromatic heterocycles. The molecular weight excluding hydrogens is 368 g/mol. The lowest BCUT2D eigenvalue weighted by Gasteiger charge is -2.17. The predicted octanol–water partition coefficient (Wildman–Crippen LogP) is 4.43. The molecule has 29 heavy (non-hydrogen) atoms. The molecule has 0 saturated carbocycles. The fraction of sp³-hybridized carbons (Fsp3) is 0.348. The lowest BCUT2D eigenvalue weighted by atomic mass is 9.96. The van der Waals surface area contributed by atoms with Crippen molar-refractivity contribution in [3.8, 4) is 17.2 Å². The van der Waals surface area contributed by atoms with Crippen LogP contribution in [0, 0.1) is 0 Å². The number of benzene rings is 2. The molecule has 0 unspecified atom stereocenters. The zero-order chi connectivity index (χ0) is 21.6. The van der Waals surface area contributed by atoms with Gasteiger partial charge in [-0.2, -0.15) is 0 Å². The van der Waals surface area contributed by atoms with E-state index in [-0.39, 0.29) is 5.78 Å². The SMILES string of the molecule is CCCC(=Cc1ccc(N)c(N(C)C)c1)C(=O)c1cc(OC)c(OC)cc1OC. The first-order valence-corrected chi connectivity index (χ1v) is 9.48. The van der Waals surface area contributed by atoms with Gasteiger partial charge < -0.3 is 24.8 Å². The van der Waals surface area contributed by atoms with Crippen molar-refractivity contribution >= 4 is 23.2 Å². The fourth-order valence-electron chi connectivity index (χ4n) is 3.14. The number of anilines is 2. The number of methoxy groups -OCH3 is 3. The minimum Gasteiger partial charge on any atom is -0.496 e. The largest absolute Gasteiger partial charge is 0.496 e. The molecule has 0 bridgehead atoms. The predicted molar refractivity (Wildman–Crippen MR) is 118 cm³/mol. The molecule has 0 aliphatic carbocycles. The highest BCUT2D eigenvalue weighted by atomic mass is 16.5. The number of nitrogens with two attached hydrogens (primary N) is 1. The summed E-state index contributed by atoms with van der Waals surface area (Å²) in [6, 6.07) is 9.08. The molecule has 0 saturated heterocycles. The van der Waals surface area contributed by atoms with E-state index in [0.29, 0.717) is 40.5 Å². The summed E-state index contributed by atoms with van der Waals surface area (Å²) >= 11 is 0. The summed E-state index contributed by atoms with van der Waals surface area (Å²) in [5.74, 6) is 1.33. The Morgan fingerprint density at radius 1 is 1.00 bits per heavy atom. The Hall–Kier alpha value is -3.15. The van der Waals surface area contributed by atoms with Gasteiger partial charge in [0.05, 0.1) is 38.3 Å². The van der Waals surface area contributed by atoms with Crippen LogP contribution in [0.5, 0.6) is 17.2 Å². The van der Waals surface area contributed by atoms with E-state index in [1.165, 1.54) is 7.11 Å². The molecule has 0 radical (unpaired) electrons. The minimum atomic E-state index is -0.104. The Balaban J connectivity index is 2.55. The number of carbonyl (C=O) groups excluding carboxylic acids is 1. The normalized spacial score (nSPS) is 11.2. The van der Waals surface area contributed by atoms with Crippen LogP contribution in [0.2, 0.25) is 0 Å². The number of allylic oxidation sites excluding steroid dienone is 1. The number of hydrogen-bond donors (Lipinski definition) is 1. The van der Waals surface area contributed by atoms with Crippen LogP contribution in [0.25, 0.3) is 6.08 Å². The van der Waals surface area contributed by atoms with E-state index in [0.717, 1.165) is 17.7 Å². The van der Waals surface area contributed by atoms with Crippen molar-refractivity contribution in [2.45, 2.75) is 19.8 Å². The maximum atomic E-state index is 13.4. The van der Waals surface area contributed by atoms with Crippen molar-refractivity contribution in [1.82, 2.24) is 0 Å². The minimum absolute atomic E-state index is 0.104. The highest BCUT2D eigenvalue weighted by Crippen LogP contribution is 2.36. The standard InChI is InChI=1S/C23H30N2O4/c1-7-8-16(11-15-9-10-18(24)19(12-15)25(2)3)23(26)17-13-21(28-5)22(29-6)14-20(17)27-4/h9-14H,7-8,24H2,1-6H3. The number of rotatable bonds is 9. The molecule has 6 heteroatoms. The molecule has 0 fully saturated rings. The summed E-state index contributed by atoms with van der Waals surface area (Å²) in [5.41, 5.74) is 9.70. The first-order valence-electron chi connectivity index (χ1n) is 9.48. The van der Waals surface area contributed by atoms with Crippen LogP contribution in [0.3, 0.4) is 0 Å². The second-order valence-electron chi connectivity index (χ2n) is 6.87. The molecule has 0 spiro atoms. The van der Waals surface area contributed by atoms with Gasteiger partial charge in [0.15, 0.2) is 17.3 Å². The second-order valence-corrected chi connectivity index (χ2v) is 6.87. The fourth-order valence-corrected chi connectivity index (χ4v) is 3.14. The number of ether oxygens (including phenoxy) is 3. The summed E-state index contributed by atoms with van der Waals surface area (Å²) in [6.07, 6.45) is 3.38. The Morgan fingerprint density at radius 2 is 1.62 bits per heavy atom. The number of Topliss-reactive ketones (excluding diaryl/α,β-unsaturated/α-hetero) is 1. The van der Waals surface area contributed by atoms with Crippen LogP contribution in [0.15, 0.2) is 35.9 Å². The van der Waals surface area contributed by atoms with Crippen LogP contribution in [-0.2, 0) is 0 Å². The van der Waals surface area contributed by atoms with Crippen LogP contribution >= 0.6 is 0 Å². The van der Waals surface area contributed by atoms with Gasteiger partial charge in [-0.1, -0.05) is 19.4 Å². The maximum absolute atomic E-state index is 13.4. The quantitative estimate of drug-likeness (QED) is 0.383. The van der Waals surface area contributed by atoms with Crippen LogP contribution in [-0.4, -0.2) is 41.2 Å². The molecule has 6 nitrogen and oxygen atoms in total. The second kappa shape index (κ2) is 9.87. The number of carbonyl (C=O) groups is 1. The van der Waals surface area contributed by atoms with Crippen molar-refractivity contribution in [2.24, 2.45) is 0 Å². The Kier molecular flexibility index (Phi) is 7.53. The van der Waals surface area contributed by atoms with Crippen molar-refractivity contribution in [1.29, 1.82) is 0 Å². The number of nitrogens with zero attached hydrogens (tertiary/aromatic N) is 1. The lowest BCUT2D eigenvalue weighted by molar-refractivity contribution is 0.102. The molecule has 0 aliphatic rings. The smallest absolute Gasteiger partial charge is 0.192 e. The highest BCUT2D eigenvalue weighted by Gasteiger charge is 2.20. The third-order valence-corrected chi connectivity index (χ3v) is 4.64. The van der Waals surface area contributed by atoms with Gasteiger partial charge in [-0.25, -0.2) is 0 Å². The molecule has 2 N–H and O–H groups in total. The first-order chi connectivity index (χ1) is 13.9. The zero-order valence-corrected chi connectivity index (χ0v) is 18.0. The van der Waals surface area contributed by atoms with E-state index in [2.05, 4.69) is 0 Å². The molecule has 0 amide bonds. The van der Waals surface area contributed by atoms with Gasteiger partial charge in [-0.15, -0.1) is 0 Å². The van der Waals surface area contributed by atoms with E-state index in [1.807, 2.05) is 50.2 Å². The monoisotopic (exact) mass is 398 g/mol.